The van der Waals surface area contributed by atoms with Gasteiger partial charge in [0.05, 0.1) is 12.0 Å². The maximum absolute atomic E-state index is 14.0. The fraction of sp³-hybridized carbons (Fsp3) is 0.333. The van der Waals surface area contributed by atoms with Gasteiger partial charge in [-0.1, -0.05) is 39.0 Å². The molecular weight excluding hydrogens is 267 g/mol. The van der Waals surface area contributed by atoms with Crippen LogP contribution in [0.3, 0.4) is 0 Å². The molecule has 3 heteroatoms. The first-order chi connectivity index (χ1) is 9.96. The summed E-state index contributed by atoms with van der Waals surface area (Å²) in [5.41, 5.74) is 1.15. The summed E-state index contributed by atoms with van der Waals surface area (Å²) >= 11 is 0. The Bertz CT molecular complexity index is 781. The van der Waals surface area contributed by atoms with E-state index in [0.29, 0.717) is 17.9 Å². The van der Waals surface area contributed by atoms with Crippen molar-refractivity contribution in [3.05, 3.63) is 42.2 Å². The van der Waals surface area contributed by atoms with Gasteiger partial charge in [0.1, 0.15) is 11.3 Å². The van der Waals surface area contributed by atoms with Gasteiger partial charge in [0, 0.05) is 5.39 Å². The number of hydrogen-bond acceptors (Lipinski definition) is 2. The highest BCUT2D eigenvalue weighted by Gasteiger charge is 2.16. The minimum absolute atomic E-state index is 0.206. The monoisotopic (exact) mass is 286 g/mol. The highest BCUT2D eigenvalue weighted by molar-refractivity contribution is 6.08. The van der Waals surface area contributed by atoms with Gasteiger partial charge < -0.3 is 9.15 Å². The normalized spacial score (nSPS) is 12.2. The zero-order valence-electron chi connectivity index (χ0n) is 12.6. The number of fused-ring (bicyclic) bond motifs is 3. The molecule has 1 heterocycles. The van der Waals surface area contributed by atoms with Gasteiger partial charge in [-0.25, -0.2) is 4.39 Å². The lowest BCUT2D eigenvalue weighted by atomic mass is 9.93. The second-order valence-corrected chi connectivity index (χ2v) is 6.51. The first-order valence-corrected chi connectivity index (χ1v) is 7.18. The highest BCUT2D eigenvalue weighted by Crippen LogP contribution is 2.37. The summed E-state index contributed by atoms with van der Waals surface area (Å²) in [7, 11) is 0. The molecule has 110 valence electrons. The van der Waals surface area contributed by atoms with E-state index in [1.165, 1.54) is 6.07 Å². The second-order valence-electron chi connectivity index (χ2n) is 6.51. The van der Waals surface area contributed by atoms with Crippen LogP contribution in [0.25, 0.3) is 21.9 Å². The molecule has 0 radical (unpaired) electrons. The summed E-state index contributed by atoms with van der Waals surface area (Å²) in [6.07, 6.45) is 0.932. The number of rotatable bonds is 3. The Morgan fingerprint density at radius 1 is 1.10 bits per heavy atom. The van der Waals surface area contributed by atoms with Gasteiger partial charge in [-0.3, -0.25) is 0 Å². The molecule has 21 heavy (non-hydrogen) atoms. The summed E-state index contributed by atoms with van der Waals surface area (Å²) in [5.74, 6) is 0.324. The number of halogens is 1. The summed E-state index contributed by atoms with van der Waals surface area (Å²) in [4.78, 5) is 0. The van der Waals surface area contributed by atoms with E-state index < -0.39 is 0 Å². The quantitative estimate of drug-likeness (QED) is 0.630. The molecule has 0 atom stereocenters. The van der Waals surface area contributed by atoms with Gasteiger partial charge in [-0.2, -0.15) is 0 Å². The number of para-hydroxylation sites is 1. The molecule has 3 rings (SSSR count). The van der Waals surface area contributed by atoms with Crippen molar-refractivity contribution < 1.29 is 13.5 Å². The van der Waals surface area contributed by atoms with Crippen molar-refractivity contribution in [3.8, 4) is 5.75 Å². The van der Waals surface area contributed by atoms with E-state index >= 15 is 0 Å². The van der Waals surface area contributed by atoms with Gasteiger partial charge in [0.25, 0.3) is 0 Å². The Morgan fingerprint density at radius 2 is 1.86 bits per heavy atom. The van der Waals surface area contributed by atoms with Crippen LogP contribution in [0.4, 0.5) is 4.39 Å². The van der Waals surface area contributed by atoms with Crippen molar-refractivity contribution in [2.75, 3.05) is 6.61 Å². The number of furan rings is 1. The van der Waals surface area contributed by atoms with E-state index in [1.807, 2.05) is 24.3 Å². The zero-order chi connectivity index (χ0) is 15.0. The topological polar surface area (TPSA) is 22.4 Å². The van der Waals surface area contributed by atoms with Crippen LogP contribution in [0.2, 0.25) is 0 Å². The lowest BCUT2D eigenvalue weighted by molar-refractivity contribution is 0.245. The Kier molecular flexibility index (Phi) is 3.36. The molecule has 0 aliphatic heterocycles. The van der Waals surface area contributed by atoms with Crippen LogP contribution >= 0.6 is 0 Å². The van der Waals surface area contributed by atoms with E-state index in [-0.39, 0.29) is 16.8 Å². The maximum atomic E-state index is 14.0. The van der Waals surface area contributed by atoms with Gasteiger partial charge in [0.2, 0.25) is 0 Å². The fourth-order valence-electron chi connectivity index (χ4n) is 2.35. The van der Waals surface area contributed by atoms with Crippen molar-refractivity contribution in [1.29, 1.82) is 0 Å². The van der Waals surface area contributed by atoms with Crippen LogP contribution < -0.4 is 4.74 Å². The molecule has 0 spiro atoms. The van der Waals surface area contributed by atoms with Crippen molar-refractivity contribution in [2.45, 2.75) is 27.2 Å². The minimum Gasteiger partial charge on any atom is -0.493 e. The van der Waals surface area contributed by atoms with Gasteiger partial charge in [-0.05, 0) is 30.0 Å². The molecule has 0 unspecified atom stereocenters. The van der Waals surface area contributed by atoms with E-state index in [4.69, 9.17) is 9.15 Å². The van der Waals surface area contributed by atoms with Crippen LogP contribution in [0, 0.1) is 11.2 Å². The number of ether oxygens (including phenoxy) is 1. The summed E-state index contributed by atoms with van der Waals surface area (Å²) in [6, 6.07) is 10.6. The molecule has 0 saturated carbocycles. The molecule has 0 aliphatic rings. The zero-order valence-corrected chi connectivity index (χ0v) is 12.6. The molecule has 2 nitrogen and oxygen atoms in total. The van der Waals surface area contributed by atoms with Crippen LogP contribution in [0.15, 0.2) is 40.8 Å². The Morgan fingerprint density at radius 3 is 2.62 bits per heavy atom. The average Bonchev–Trinajstić information content (AvgIpc) is 2.81. The molecule has 0 amide bonds. The Balaban J connectivity index is 2.04. The van der Waals surface area contributed by atoms with Crippen molar-refractivity contribution in [3.63, 3.8) is 0 Å². The largest absolute Gasteiger partial charge is 0.493 e. The van der Waals surface area contributed by atoms with Crippen LogP contribution in [-0.4, -0.2) is 6.61 Å². The van der Waals surface area contributed by atoms with Crippen molar-refractivity contribution >= 4 is 21.9 Å². The standard InChI is InChI=1S/C18H19FO2/c1-18(2,3)10-11-20-15-9-8-13(19)17-16(15)12-6-4-5-7-14(12)21-17/h4-9H,10-11H2,1-3H3. The second kappa shape index (κ2) is 5.06. The Hall–Kier alpha value is -2.03. The molecule has 0 fully saturated rings. The number of benzene rings is 2. The van der Waals surface area contributed by atoms with E-state index in [2.05, 4.69) is 20.8 Å². The third-order valence-corrected chi connectivity index (χ3v) is 3.55. The van der Waals surface area contributed by atoms with Gasteiger partial charge in [-0.15, -0.1) is 0 Å². The molecule has 2 aromatic carbocycles. The highest BCUT2D eigenvalue weighted by atomic mass is 19.1. The number of hydrogen-bond donors (Lipinski definition) is 0. The average molecular weight is 286 g/mol. The molecular formula is C18H19FO2. The fourth-order valence-corrected chi connectivity index (χ4v) is 2.35. The first kappa shape index (κ1) is 13.9. The molecule has 0 saturated heterocycles. The van der Waals surface area contributed by atoms with Crippen molar-refractivity contribution in [1.82, 2.24) is 0 Å². The lowest BCUT2D eigenvalue weighted by Crippen LogP contribution is -2.11. The Labute approximate surface area is 123 Å². The molecule has 3 aromatic rings. The summed E-state index contributed by atoms with van der Waals surface area (Å²) in [6.45, 7) is 7.11. The molecule has 1 aromatic heterocycles. The third-order valence-electron chi connectivity index (χ3n) is 3.55. The van der Waals surface area contributed by atoms with E-state index in [9.17, 15) is 4.39 Å². The predicted molar refractivity (Wildman–Crippen MR) is 83.2 cm³/mol. The lowest BCUT2D eigenvalue weighted by Gasteiger charge is -2.18. The van der Waals surface area contributed by atoms with E-state index in [1.54, 1.807) is 6.07 Å². The smallest absolute Gasteiger partial charge is 0.174 e. The molecule has 0 aliphatic carbocycles. The molecule has 0 N–H and O–H groups in total. The minimum atomic E-state index is -0.357. The summed E-state index contributed by atoms with van der Waals surface area (Å²) < 4.78 is 25.5. The maximum Gasteiger partial charge on any atom is 0.174 e. The SMILES string of the molecule is CC(C)(C)CCOc1ccc(F)c2oc3ccccc3c12. The van der Waals surface area contributed by atoms with Crippen LogP contribution in [0.5, 0.6) is 5.75 Å². The van der Waals surface area contributed by atoms with Gasteiger partial charge in [0.15, 0.2) is 11.4 Å². The predicted octanol–water partition coefficient (Wildman–Crippen LogP) is 5.54. The van der Waals surface area contributed by atoms with Crippen molar-refractivity contribution in [2.24, 2.45) is 5.41 Å². The van der Waals surface area contributed by atoms with E-state index in [0.717, 1.165) is 17.2 Å². The van der Waals surface area contributed by atoms with Crippen LogP contribution in [-0.2, 0) is 0 Å². The van der Waals surface area contributed by atoms with Crippen LogP contribution in [0.1, 0.15) is 27.2 Å². The van der Waals surface area contributed by atoms with Gasteiger partial charge >= 0.3 is 0 Å². The molecule has 0 bridgehead atoms. The first-order valence-electron chi connectivity index (χ1n) is 7.18. The third kappa shape index (κ3) is 2.73. The summed E-state index contributed by atoms with van der Waals surface area (Å²) in [5, 5.41) is 1.61.